The molecule has 0 spiro atoms. The summed E-state index contributed by atoms with van der Waals surface area (Å²) in [5, 5.41) is 15.8. The van der Waals surface area contributed by atoms with Crippen molar-refractivity contribution < 1.29 is 4.74 Å². The van der Waals surface area contributed by atoms with E-state index in [1.54, 1.807) is 13.3 Å². The van der Waals surface area contributed by atoms with Crippen molar-refractivity contribution in [3.05, 3.63) is 66.5 Å². The van der Waals surface area contributed by atoms with Crippen LogP contribution in [0, 0.1) is 0 Å². The predicted molar refractivity (Wildman–Crippen MR) is 114 cm³/mol. The van der Waals surface area contributed by atoms with Crippen LogP contribution in [0.25, 0.3) is 21.3 Å². The van der Waals surface area contributed by atoms with E-state index < -0.39 is 0 Å². The summed E-state index contributed by atoms with van der Waals surface area (Å²) in [4.78, 5) is 4.15. The van der Waals surface area contributed by atoms with E-state index in [4.69, 9.17) is 10.5 Å². The average molecular weight is 392 g/mol. The average Bonchev–Trinajstić information content (AvgIpc) is 3.21. The van der Waals surface area contributed by atoms with Gasteiger partial charge in [-0.3, -0.25) is 4.98 Å². The molecule has 4 aromatic rings. The highest BCUT2D eigenvalue weighted by molar-refractivity contribution is 7.18. The molecule has 0 aliphatic rings. The van der Waals surface area contributed by atoms with Crippen LogP contribution in [0.3, 0.4) is 0 Å². The first kappa shape index (κ1) is 18.3. The topological polar surface area (TPSA) is 86.0 Å². The minimum Gasteiger partial charge on any atom is -0.497 e. The smallest absolute Gasteiger partial charge is 0.206 e. The number of nitrogens with zero attached hydrogens (tertiary/aromatic N) is 3. The number of fused-ring (bicyclic) bond motifs is 1. The Hall–Kier alpha value is -3.03. The molecule has 0 aliphatic heterocycles. The number of hydrogen-bond donors (Lipinski definition) is 2. The van der Waals surface area contributed by atoms with Gasteiger partial charge < -0.3 is 15.8 Å². The molecule has 3 N–H and O–H groups in total. The molecule has 2 aromatic heterocycles. The molecule has 6 nitrogen and oxygen atoms in total. The molecular formula is C21H21N5OS. The van der Waals surface area contributed by atoms with E-state index in [1.807, 2.05) is 42.6 Å². The number of ether oxygens (including phenoxy) is 1. The maximum absolute atomic E-state index is 6.26. The van der Waals surface area contributed by atoms with Crippen molar-refractivity contribution in [2.24, 2.45) is 5.73 Å². The van der Waals surface area contributed by atoms with Crippen LogP contribution >= 0.6 is 11.3 Å². The first-order valence-electron chi connectivity index (χ1n) is 9.01. The Morgan fingerprint density at radius 2 is 1.93 bits per heavy atom. The molecule has 0 aliphatic carbocycles. The normalized spacial score (nSPS) is 12.1. The van der Waals surface area contributed by atoms with Gasteiger partial charge in [0.2, 0.25) is 5.13 Å². The van der Waals surface area contributed by atoms with E-state index in [2.05, 4.69) is 32.6 Å². The number of nitrogens with one attached hydrogen (secondary N) is 1. The second-order valence-electron chi connectivity index (χ2n) is 6.54. The number of methoxy groups -OCH3 is 1. The van der Waals surface area contributed by atoms with Gasteiger partial charge >= 0.3 is 0 Å². The Morgan fingerprint density at radius 1 is 1.07 bits per heavy atom. The van der Waals surface area contributed by atoms with Crippen molar-refractivity contribution >= 4 is 27.2 Å². The Bertz CT molecular complexity index is 1060. The summed E-state index contributed by atoms with van der Waals surface area (Å²) in [7, 11) is 1.66. The molecule has 0 saturated carbocycles. The van der Waals surface area contributed by atoms with Crippen LogP contribution in [0.4, 0.5) is 5.13 Å². The van der Waals surface area contributed by atoms with Crippen molar-refractivity contribution in [2.75, 3.05) is 19.0 Å². The van der Waals surface area contributed by atoms with E-state index in [1.165, 1.54) is 16.9 Å². The Balaban J connectivity index is 1.37. The lowest BCUT2D eigenvalue weighted by atomic mass is 10.1. The van der Waals surface area contributed by atoms with Gasteiger partial charge in [-0.2, -0.15) is 0 Å². The number of anilines is 1. The number of rotatable bonds is 7. The SMILES string of the molecule is COc1ccc(CC(N)CNc2nnc(-c3ccc4cnccc4c3)s2)cc1. The fourth-order valence-electron chi connectivity index (χ4n) is 2.98. The summed E-state index contributed by atoms with van der Waals surface area (Å²) < 4.78 is 5.18. The molecule has 0 saturated heterocycles. The molecule has 1 atom stereocenters. The van der Waals surface area contributed by atoms with Gasteiger partial charge in [-0.25, -0.2) is 0 Å². The number of pyridine rings is 1. The lowest BCUT2D eigenvalue weighted by Crippen LogP contribution is -2.31. The summed E-state index contributed by atoms with van der Waals surface area (Å²) in [6.07, 6.45) is 4.43. The van der Waals surface area contributed by atoms with Crippen LogP contribution in [0.1, 0.15) is 5.56 Å². The molecule has 1 unspecified atom stereocenters. The fourth-order valence-corrected chi connectivity index (χ4v) is 3.73. The minimum atomic E-state index is -0.0195. The fraction of sp³-hybridized carbons (Fsp3) is 0.190. The van der Waals surface area contributed by atoms with Crippen LogP contribution in [0.5, 0.6) is 5.75 Å². The van der Waals surface area contributed by atoms with Gasteiger partial charge in [0.1, 0.15) is 10.8 Å². The number of nitrogens with two attached hydrogens (primary N) is 1. The van der Waals surface area contributed by atoms with Gasteiger partial charge in [0.15, 0.2) is 0 Å². The third-order valence-corrected chi connectivity index (χ3v) is 5.41. The second-order valence-corrected chi connectivity index (χ2v) is 7.52. The van der Waals surface area contributed by atoms with E-state index in [0.29, 0.717) is 6.54 Å². The predicted octanol–water partition coefficient (Wildman–Crippen LogP) is 3.74. The van der Waals surface area contributed by atoms with E-state index in [-0.39, 0.29) is 6.04 Å². The van der Waals surface area contributed by atoms with Gasteiger partial charge in [0.25, 0.3) is 0 Å². The summed E-state index contributed by atoms with van der Waals surface area (Å²) in [6, 6.07) is 16.2. The first-order valence-corrected chi connectivity index (χ1v) is 9.83. The van der Waals surface area contributed by atoms with Gasteiger partial charge in [-0.05, 0) is 41.6 Å². The lowest BCUT2D eigenvalue weighted by Gasteiger charge is -2.12. The highest BCUT2D eigenvalue weighted by Gasteiger charge is 2.10. The third kappa shape index (κ3) is 4.27. The highest BCUT2D eigenvalue weighted by Crippen LogP contribution is 2.28. The molecule has 2 heterocycles. The molecule has 142 valence electrons. The van der Waals surface area contributed by atoms with E-state index in [0.717, 1.165) is 38.6 Å². The quantitative estimate of drug-likeness (QED) is 0.499. The molecule has 28 heavy (non-hydrogen) atoms. The first-order chi connectivity index (χ1) is 13.7. The number of benzene rings is 2. The van der Waals surface area contributed by atoms with Gasteiger partial charge in [0, 0.05) is 35.9 Å². The van der Waals surface area contributed by atoms with Crippen molar-refractivity contribution in [1.82, 2.24) is 15.2 Å². The van der Waals surface area contributed by atoms with Crippen LogP contribution in [0.15, 0.2) is 60.9 Å². The van der Waals surface area contributed by atoms with Gasteiger partial charge in [-0.15, -0.1) is 10.2 Å². The second kappa shape index (κ2) is 8.33. The summed E-state index contributed by atoms with van der Waals surface area (Å²) >= 11 is 1.53. The van der Waals surface area contributed by atoms with Crippen molar-refractivity contribution in [1.29, 1.82) is 0 Å². The third-order valence-electron chi connectivity index (χ3n) is 4.48. The summed E-state index contributed by atoms with van der Waals surface area (Å²) in [5.74, 6) is 0.849. The van der Waals surface area contributed by atoms with Crippen molar-refractivity contribution in [2.45, 2.75) is 12.5 Å². The standard InChI is InChI=1S/C21H21N5OS/c1-27-19-6-2-14(3-7-19)10-18(22)13-24-21-26-25-20(28-21)16-4-5-17-12-23-9-8-15(17)11-16/h2-9,11-12,18H,10,13,22H2,1H3,(H,24,26). The number of hydrogen-bond acceptors (Lipinski definition) is 7. The van der Waals surface area contributed by atoms with Crippen LogP contribution in [-0.4, -0.2) is 34.9 Å². The maximum atomic E-state index is 6.26. The molecule has 2 aromatic carbocycles. The zero-order chi connectivity index (χ0) is 19.3. The summed E-state index contributed by atoms with van der Waals surface area (Å²) in [5.41, 5.74) is 8.49. The van der Waals surface area contributed by atoms with Gasteiger partial charge in [0.05, 0.1) is 7.11 Å². The van der Waals surface area contributed by atoms with Crippen LogP contribution in [-0.2, 0) is 6.42 Å². The molecule has 0 radical (unpaired) electrons. The van der Waals surface area contributed by atoms with Crippen LogP contribution in [0.2, 0.25) is 0 Å². The summed E-state index contributed by atoms with van der Waals surface area (Å²) in [6.45, 7) is 0.629. The zero-order valence-corrected chi connectivity index (χ0v) is 16.3. The monoisotopic (exact) mass is 391 g/mol. The number of aromatic nitrogens is 3. The van der Waals surface area contributed by atoms with Gasteiger partial charge in [-0.1, -0.05) is 35.6 Å². The Labute approximate surface area is 167 Å². The maximum Gasteiger partial charge on any atom is 0.206 e. The molecule has 4 rings (SSSR count). The van der Waals surface area contributed by atoms with E-state index >= 15 is 0 Å². The lowest BCUT2D eigenvalue weighted by molar-refractivity contribution is 0.414. The Morgan fingerprint density at radius 3 is 2.75 bits per heavy atom. The molecule has 0 fully saturated rings. The van der Waals surface area contributed by atoms with E-state index in [9.17, 15) is 0 Å². The molecule has 0 bridgehead atoms. The Kier molecular flexibility index (Phi) is 5.45. The van der Waals surface area contributed by atoms with Crippen molar-refractivity contribution in [3.63, 3.8) is 0 Å². The molecule has 0 amide bonds. The van der Waals surface area contributed by atoms with Crippen molar-refractivity contribution in [3.8, 4) is 16.3 Å². The minimum absolute atomic E-state index is 0.0195. The highest BCUT2D eigenvalue weighted by atomic mass is 32.1. The van der Waals surface area contributed by atoms with Crippen LogP contribution < -0.4 is 15.8 Å². The largest absolute Gasteiger partial charge is 0.497 e. The molecular weight excluding hydrogens is 370 g/mol. The molecule has 7 heteroatoms. The zero-order valence-electron chi connectivity index (χ0n) is 15.5.